The molecule has 3 rings (SSSR count). The predicted molar refractivity (Wildman–Crippen MR) is 111 cm³/mol. The van der Waals surface area contributed by atoms with Crippen LogP contribution in [0, 0.1) is 5.82 Å². The Hall–Kier alpha value is -2.93. The number of rotatable bonds is 6. The Labute approximate surface area is 171 Å². The molecular weight excluding hydrogens is 397 g/mol. The Kier molecular flexibility index (Phi) is 6.17. The van der Waals surface area contributed by atoms with Crippen molar-refractivity contribution < 1.29 is 9.18 Å². The van der Waals surface area contributed by atoms with Crippen molar-refractivity contribution >= 4 is 28.4 Å². The highest BCUT2D eigenvalue weighted by atomic mass is 35.5. The van der Waals surface area contributed by atoms with E-state index in [1.807, 2.05) is 6.92 Å². The summed E-state index contributed by atoms with van der Waals surface area (Å²) >= 11 is 5.86. The second-order valence-electron chi connectivity index (χ2n) is 6.62. The van der Waals surface area contributed by atoms with Gasteiger partial charge in [-0.05, 0) is 43.2 Å². The van der Waals surface area contributed by atoms with E-state index in [-0.39, 0.29) is 22.0 Å². The second-order valence-corrected chi connectivity index (χ2v) is 7.03. The van der Waals surface area contributed by atoms with Gasteiger partial charge >= 0.3 is 5.69 Å². The van der Waals surface area contributed by atoms with Crippen LogP contribution in [-0.4, -0.2) is 21.6 Å². The van der Waals surface area contributed by atoms with E-state index in [1.54, 1.807) is 31.2 Å². The third kappa shape index (κ3) is 3.82. The fourth-order valence-electron chi connectivity index (χ4n) is 3.29. The zero-order chi connectivity index (χ0) is 21.1. The van der Waals surface area contributed by atoms with Crippen LogP contribution in [-0.2, 0) is 4.79 Å². The summed E-state index contributed by atoms with van der Waals surface area (Å²) < 4.78 is 15.8. The first-order valence-corrected chi connectivity index (χ1v) is 9.77. The number of fused-ring (bicyclic) bond motifs is 1. The first-order valence-electron chi connectivity index (χ1n) is 9.40. The predicted octanol–water partition coefficient (Wildman–Crippen LogP) is 3.42. The largest absolute Gasteiger partial charge is 0.354 e. The molecule has 1 aromatic heterocycles. The summed E-state index contributed by atoms with van der Waals surface area (Å²) in [7, 11) is 0. The molecule has 0 radical (unpaired) electrons. The summed E-state index contributed by atoms with van der Waals surface area (Å²) in [5.41, 5.74) is -0.747. The molecule has 8 heteroatoms. The summed E-state index contributed by atoms with van der Waals surface area (Å²) in [6.07, 6.45) is 1.10. The van der Waals surface area contributed by atoms with E-state index in [0.717, 1.165) is 17.1 Å². The van der Waals surface area contributed by atoms with Gasteiger partial charge in [-0.1, -0.05) is 37.6 Å². The van der Waals surface area contributed by atoms with Crippen LogP contribution in [0.15, 0.2) is 52.1 Å². The standard InChI is InChI=1S/C21H21ClFN3O3/c1-3-11-24-19(27)17(4-2)26-18-8-6-5-7-14(18)20(28)25(21(26)29)13-9-10-16(23)15(22)12-13/h5-10,12,17H,3-4,11H2,1-2H3,(H,24,27). The SMILES string of the molecule is CCCNC(=O)C(CC)n1c(=O)n(-c2ccc(F)c(Cl)c2)c(=O)c2ccccc21. The van der Waals surface area contributed by atoms with Crippen LogP contribution in [0.4, 0.5) is 4.39 Å². The third-order valence-corrected chi connectivity index (χ3v) is 5.00. The van der Waals surface area contributed by atoms with Gasteiger partial charge in [0.1, 0.15) is 11.9 Å². The maximum atomic E-state index is 13.6. The van der Waals surface area contributed by atoms with Crippen molar-refractivity contribution in [3.05, 3.63) is 74.1 Å². The highest BCUT2D eigenvalue weighted by Gasteiger charge is 2.24. The highest BCUT2D eigenvalue weighted by Crippen LogP contribution is 2.20. The molecule has 0 aliphatic carbocycles. The number of carbonyl (C=O) groups excluding carboxylic acids is 1. The van der Waals surface area contributed by atoms with Gasteiger partial charge in [0.25, 0.3) is 5.56 Å². The quantitative estimate of drug-likeness (QED) is 0.667. The summed E-state index contributed by atoms with van der Waals surface area (Å²) in [4.78, 5) is 39.2. The summed E-state index contributed by atoms with van der Waals surface area (Å²) in [5.74, 6) is -0.959. The minimum Gasteiger partial charge on any atom is -0.354 e. The Morgan fingerprint density at radius 3 is 2.55 bits per heavy atom. The number of nitrogens with one attached hydrogen (secondary N) is 1. The lowest BCUT2D eigenvalue weighted by molar-refractivity contribution is -0.124. The van der Waals surface area contributed by atoms with Crippen molar-refractivity contribution in [2.45, 2.75) is 32.7 Å². The van der Waals surface area contributed by atoms with Gasteiger partial charge < -0.3 is 5.32 Å². The van der Waals surface area contributed by atoms with Gasteiger partial charge in [-0.3, -0.25) is 14.2 Å². The number of carbonyl (C=O) groups is 1. The molecule has 6 nitrogen and oxygen atoms in total. The van der Waals surface area contributed by atoms with Gasteiger partial charge in [0, 0.05) is 6.54 Å². The van der Waals surface area contributed by atoms with Crippen LogP contribution in [0.2, 0.25) is 5.02 Å². The van der Waals surface area contributed by atoms with Crippen LogP contribution in [0.3, 0.4) is 0 Å². The molecule has 2 aromatic carbocycles. The van der Waals surface area contributed by atoms with Crippen molar-refractivity contribution in [1.29, 1.82) is 0 Å². The molecular formula is C21H21ClFN3O3. The summed E-state index contributed by atoms with van der Waals surface area (Å²) in [6, 6.07) is 9.42. The molecule has 1 unspecified atom stereocenters. The zero-order valence-electron chi connectivity index (χ0n) is 16.1. The van der Waals surface area contributed by atoms with Crippen molar-refractivity contribution in [1.82, 2.24) is 14.5 Å². The number of hydrogen-bond donors (Lipinski definition) is 1. The van der Waals surface area contributed by atoms with E-state index < -0.39 is 23.1 Å². The normalized spacial score (nSPS) is 12.1. The number of nitrogens with zero attached hydrogens (tertiary/aromatic N) is 2. The average molecular weight is 418 g/mol. The molecule has 0 saturated heterocycles. The molecule has 3 aromatic rings. The van der Waals surface area contributed by atoms with E-state index >= 15 is 0 Å². The number of amides is 1. The van der Waals surface area contributed by atoms with Crippen molar-refractivity contribution in [2.75, 3.05) is 6.54 Å². The number of hydrogen-bond acceptors (Lipinski definition) is 3. The monoisotopic (exact) mass is 417 g/mol. The zero-order valence-corrected chi connectivity index (χ0v) is 16.9. The minimum atomic E-state index is -0.804. The van der Waals surface area contributed by atoms with Crippen LogP contribution >= 0.6 is 11.6 Å². The molecule has 0 aliphatic rings. The summed E-state index contributed by atoms with van der Waals surface area (Å²) in [6.45, 7) is 4.21. The van der Waals surface area contributed by atoms with E-state index in [9.17, 15) is 18.8 Å². The molecule has 152 valence electrons. The van der Waals surface area contributed by atoms with E-state index in [1.165, 1.54) is 16.7 Å². The van der Waals surface area contributed by atoms with E-state index in [2.05, 4.69) is 5.32 Å². The van der Waals surface area contributed by atoms with Gasteiger partial charge in [0.2, 0.25) is 5.91 Å². The van der Waals surface area contributed by atoms with Crippen LogP contribution < -0.4 is 16.6 Å². The van der Waals surface area contributed by atoms with Gasteiger partial charge in [-0.15, -0.1) is 0 Å². The fraction of sp³-hybridized carbons (Fsp3) is 0.286. The van der Waals surface area contributed by atoms with E-state index in [4.69, 9.17) is 11.6 Å². The van der Waals surface area contributed by atoms with Gasteiger partial charge in [-0.25, -0.2) is 13.8 Å². The summed E-state index contributed by atoms with van der Waals surface area (Å²) in [5, 5.41) is 2.87. The second kappa shape index (κ2) is 8.61. The fourth-order valence-corrected chi connectivity index (χ4v) is 3.46. The van der Waals surface area contributed by atoms with Crippen LogP contribution in [0.1, 0.15) is 32.7 Å². The van der Waals surface area contributed by atoms with Crippen molar-refractivity contribution in [2.24, 2.45) is 0 Å². The lowest BCUT2D eigenvalue weighted by Crippen LogP contribution is -2.44. The van der Waals surface area contributed by atoms with Crippen LogP contribution in [0.25, 0.3) is 16.6 Å². The molecule has 0 spiro atoms. The molecule has 1 amide bonds. The Morgan fingerprint density at radius 2 is 1.90 bits per heavy atom. The molecule has 0 bridgehead atoms. The number of halogens is 2. The van der Waals surface area contributed by atoms with Crippen LogP contribution in [0.5, 0.6) is 0 Å². The molecule has 0 aliphatic heterocycles. The minimum absolute atomic E-state index is 0.134. The molecule has 1 N–H and O–H groups in total. The van der Waals surface area contributed by atoms with Gasteiger partial charge in [0.15, 0.2) is 0 Å². The smallest absolute Gasteiger partial charge is 0.336 e. The topological polar surface area (TPSA) is 73.1 Å². The number of benzene rings is 2. The highest BCUT2D eigenvalue weighted by molar-refractivity contribution is 6.30. The first-order chi connectivity index (χ1) is 13.9. The number of aromatic nitrogens is 2. The first kappa shape index (κ1) is 20.8. The lowest BCUT2D eigenvalue weighted by atomic mass is 10.1. The number of para-hydroxylation sites is 1. The van der Waals surface area contributed by atoms with Gasteiger partial charge in [0.05, 0.1) is 21.6 Å². The maximum absolute atomic E-state index is 13.6. The Balaban J connectivity index is 2.35. The molecule has 0 saturated carbocycles. The maximum Gasteiger partial charge on any atom is 0.336 e. The Bertz CT molecular complexity index is 1190. The lowest BCUT2D eigenvalue weighted by Gasteiger charge is -2.21. The van der Waals surface area contributed by atoms with Crippen molar-refractivity contribution in [3.63, 3.8) is 0 Å². The van der Waals surface area contributed by atoms with Gasteiger partial charge in [-0.2, -0.15) is 0 Å². The van der Waals surface area contributed by atoms with E-state index in [0.29, 0.717) is 18.5 Å². The average Bonchev–Trinajstić information content (AvgIpc) is 2.72. The third-order valence-electron chi connectivity index (χ3n) is 4.71. The molecule has 0 fully saturated rings. The molecule has 29 heavy (non-hydrogen) atoms. The van der Waals surface area contributed by atoms with Crippen molar-refractivity contribution in [3.8, 4) is 5.69 Å². The molecule has 1 heterocycles. The Morgan fingerprint density at radius 1 is 1.17 bits per heavy atom. The molecule has 1 atom stereocenters.